The number of halogens is 1. The van der Waals surface area contributed by atoms with Gasteiger partial charge in [-0.3, -0.25) is 0 Å². The smallest absolute Gasteiger partial charge is 0.407 e. The van der Waals surface area contributed by atoms with Crippen molar-refractivity contribution in [2.75, 3.05) is 6.54 Å². The average Bonchev–Trinajstić information content (AvgIpc) is 3.10. The van der Waals surface area contributed by atoms with Gasteiger partial charge in [-0.15, -0.1) is 0 Å². The third kappa shape index (κ3) is 4.16. The molecule has 0 aliphatic rings. The summed E-state index contributed by atoms with van der Waals surface area (Å²) in [5.74, 6) is 0. The highest BCUT2D eigenvalue weighted by Gasteiger charge is 2.23. The van der Waals surface area contributed by atoms with E-state index in [-0.39, 0.29) is 13.2 Å². The number of aliphatic hydroxyl groups excluding tert-OH is 2. The number of aromatic nitrogens is 1. The van der Waals surface area contributed by atoms with Crippen LogP contribution in [0.2, 0.25) is 5.02 Å². The number of hydrogen-bond acceptors (Lipinski definition) is 4. The van der Waals surface area contributed by atoms with Crippen LogP contribution in [0.15, 0.2) is 54.7 Å². The highest BCUT2D eigenvalue weighted by molar-refractivity contribution is 6.35. The van der Waals surface area contributed by atoms with E-state index in [2.05, 4.69) is 10.3 Å². The Bertz CT molecular complexity index is 882. The SMILES string of the molecule is O=C(NCC(O)C(O)c1c[nH]c2cccc(Cl)c12)OCc1ccccc1. The summed E-state index contributed by atoms with van der Waals surface area (Å²) in [7, 11) is 0. The molecule has 0 radical (unpaired) electrons. The number of rotatable bonds is 6. The average molecular weight is 375 g/mol. The molecule has 0 saturated carbocycles. The van der Waals surface area contributed by atoms with Gasteiger partial charge in [0.1, 0.15) is 18.8 Å². The number of hydrogen-bond donors (Lipinski definition) is 4. The maximum absolute atomic E-state index is 11.7. The second-order valence-electron chi connectivity index (χ2n) is 5.86. The summed E-state index contributed by atoms with van der Waals surface area (Å²) in [6, 6.07) is 14.6. The van der Waals surface area contributed by atoms with Crippen molar-refractivity contribution in [3.05, 3.63) is 70.9 Å². The van der Waals surface area contributed by atoms with Gasteiger partial charge in [0.2, 0.25) is 0 Å². The van der Waals surface area contributed by atoms with Gasteiger partial charge in [-0.1, -0.05) is 48.0 Å². The molecule has 0 saturated heterocycles. The van der Waals surface area contributed by atoms with Crippen molar-refractivity contribution >= 4 is 28.6 Å². The third-order valence-corrected chi connectivity index (χ3v) is 4.35. The van der Waals surface area contributed by atoms with E-state index in [1.807, 2.05) is 36.4 Å². The minimum atomic E-state index is -1.21. The number of alkyl carbamates (subject to hydrolysis) is 1. The molecule has 2 atom stereocenters. The highest BCUT2D eigenvalue weighted by atomic mass is 35.5. The van der Waals surface area contributed by atoms with E-state index in [1.165, 1.54) is 0 Å². The molecule has 3 aromatic rings. The lowest BCUT2D eigenvalue weighted by Gasteiger charge is -2.18. The van der Waals surface area contributed by atoms with Crippen LogP contribution in [0.5, 0.6) is 0 Å². The first-order chi connectivity index (χ1) is 12.6. The van der Waals surface area contributed by atoms with Crippen LogP contribution >= 0.6 is 11.6 Å². The molecule has 3 rings (SSSR count). The zero-order valence-electron chi connectivity index (χ0n) is 13.9. The van der Waals surface area contributed by atoms with E-state index >= 15 is 0 Å². The molecule has 2 unspecified atom stereocenters. The highest BCUT2D eigenvalue weighted by Crippen LogP contribution is 2.31. The zero-order valence-corrected chi connectivity index (χ0v) is 14.6. The van der Waals surface area contributed by atoms with Gasteiger partial charge in [-0.25, -0.2) is 4.79 Å². The fraction of sp³-hybridized carbons (Fsp3) is 0.211. The summed E-state index contributed by atoms with van der Waals surface area (Å²) in [6.07, 6.45) is -1.50. The lowest BCUT2D eigenvalue weighted by Crippen LogP contribution is -2.35. The van der Waals surface area contributed by atoms with Gasteiger partial charge in [0.25, 0.3) is 0 Å². The number of amides is 1. The molecule has 26 heavy (non-hydrogen) atoms. The zero-order chi connectivity index (χ0) is 18.5. The van der Waals surface area contributed by atoms with Crippen LogP contribution in [0.1, 0.15) is 17.2 Å². The number of carbonyl (C=O) groups is 1. The molecule has 1 aromatic heterocycles. The quantitative estimate of drug-likeness (QED) is 0.533. The Hall–Kier alpha value is -2.54. The molecule has 0 aliphatic heterocycles. The van der Waals surface area contributed by atoms with Crippen molar-refractivity contribution in [3.63, 3.8) is 0 Å². The number of nitrogens with one attached hydrogen (secondary N) is 2. The summed E-state index contributed by atoms with van der Waals surface area (Å²) < 4.78 is 5.07. The number of fused-ring (bicyclic) bond motifs is 1. The Morgan fingerprint density at radius 3 is 2.69 bits per heavy atom. The second-order valence-corrected chi connectivity index (χ2v) is 6.27. The summed E-state index contributed by atoms with van der Waals surface area (Å²) in [6.45, 7) is -0.0324. The van der Waals surface area contributed by atoms with Crippen LogP contribution in [0.25, 0.3) is 10.9 Å². The Morgan fingerprint density at radius 2 is 1.92 bits per heavy atom. The van der Waals surface area contributed by atoms with Crippen LogP contribution in [0.3, 0.4) is 0 Å². The fourth-order valence-electron chi connectivity index (χ4n) is 2.68. The predicted molar refractivity (Wildman–Crippen MR) is 98.9 cm³/mol. The Kier molecular flexibility index (Phi) is 5.78. The molecule has 0 fully saturated rings. The molecule has 2 aromatic carbocycles. The van der Waals surface area contributed by atoms with Crippen LogP contribution in [-0.2, 0) is 11.3 Å². The third-order valence-electron chi connectivity index (χ3n) is 4.04. The van der Waals surface area contributed by atoms with E-state index in [1.54, 1.807) is 18.3 Å². The van der Waals surface area contributed by atoms with E-state index in [9.17, 15) is 15.0 Å². The first-order valence-corrected chi connectivity index (χ1v) is 8.50. The van der Waals surface area contributed by atoms with Crippen LogP contribution in [0, 0.1) is 0 Å². The fourth-order valence-corrected chi connectivity index (χ4v) is 2.96. The van der Waals surface area contributed by atoms with Crippen LogP contribution in [0.4, 0.5) is 4.79 Å². The number of benzene rings is 2. The number of carbonyl (C=O) groups excluding carboxylic acids is 1. The van der Waals surface area contributed by atoms with E-state index in [0.717, 1.165) is 11.1 Å². The summed E-state index contributed by atoms with van der Waals surface area (Å²) >= 11 is 6.18. The molecule has 0 spiro atoms. The molecule has 7 heteroatoms. The minimum absolute atomic E-state index is 0.128. The number of H-pyrrole nitrogens is 1. The van der Waals surface area contributed by atoms with Crippen molar-refractivity contribution < 1.29 is 19.7 Å². The lowest BCUT2D eigenvalue weighted by atomic mass is 10.0. The minimum Gasteiger partial charge on any atom is -0.445 e. The van der Waals surface area contributed by atoms with Gasteiger partial charge in [0.15, 0.2) is 0 Å². The molecule has 1 amide bonds. The van der Waals surface area contributed by atoms with Crippen molar-refractivity contribution in [2.45, 2.75) is 18.8 Å². The maximum atomic E-state index is 11.7. The molecule has 1 heterocycles. The lowest BCUT2D eigenvalue weighted by molar-refractivity contribution is 0.0192. The van der Waals surface area contributed by atoms with Crippen molar-refractivity contribution in [3.8, 4) is 0 Å². The topological polar surface area (TPSA) is 94.6 Å². The van der Waals surface area contributed by atoms with Gasteiger partial charge in [-0.2, -0.15) is 0 Å². The monoisotopic (exact) mass is 374 g/mol. The molecule has 4 N–H and O–H groups in total. The van der Waals surface area contributed by atoms with Crippen LogP contribution in [-0.4, -0.2) is 33.9 Å². The standard InChI is InChI=1S/C19H19ClN2O4/c20-14-7-4-8-15-17(14)13(9-21-15)18(24)16(23)10-22-19(25)26-11-12-5-2-1-3-6-12/h1-9,16,18,21,23-24H,10-11H2,(H,22,25). The van der Waals surface area contributed by atoms with Crippen molar-refractivity contribution in [2.24, 2.45) is 0 Å². The van der Waals surface area contributed by atoms with E-state index in [4.69, 9.17) is 16.3 Å². The largest absolute Gasteiger partial charge is 0.445 e. The normalized spacial score (nSPS) is 13.3. The molecule has 6 nitrogen and oxygen atoms in total. The first kappa shape index (κ1) is 18.3. The van der Waals surface area contributed by atoms with E-state index in [0.29, 0.717) is 16.0 Å². The van der Waals surface area contributed by atoms with E-state index < -0.39 is 18.3 Å². The molecule has 0 bridgehead atoms. The van der Waals surface area contributed by atoms with Gasteiger partial charge in [0.05, 0.1) is 5.02 Å². The molecule has 0 aliphatic carbocycles. The van der Waals surface area contributed by atoms with Crippen molar-refractivity contribution in [1.29, 1.82) is 0 Å². The summed E-state index contributed by atoms with van der Waals surface area (Å²) in [5, 5.41) is 24.2. The van der Waals surface area contributed by atoms with Gasteiger partial charge in [-0.05, 0) is 17.7 Å². The van der Waals surface area contributed by atoms with Gasteiger partial charge in [0, 0.05) is 29.2 Å². The summed E-state index contributed by atoms with van der Waals surface area (Å²) in [4.78, 5) is 14.7. The molecule has 136 valence electrons. The van der Waals surface area contributed by atoms with Crippen molar-refractivity contribution in [1.82, 2.24) is 10.3 Å². The molecular weight excluding hydrogens is 356 g/mol. The second kappa shape index (κ2) is 8.23. The van der Waals surface area contributed by atoms with Gasteiger partial charge < -0.3 is 25.3 Å². The Morgan fingerprint density at radius 1 is 1.15 bits per heavy atom. The number of aromatic amines is 1. The maximum Gasteiger partial charge on any atom is 0.407 e. The summed E-state index contributed by atoms with van der Waals surface area (Å²) in [5.41, 5.74) is 2.09. The Balaban J connectivity index is 1.55. The van der Waals surface area contributed by atoms with Gasteiger partial charge >= 0.3 is 6.09 Å². The number of aliphatic hydroxyl groups is 2. The Labute approximate surface area is 155 Å². The predicted octanol–water partition coefficient (Wildman–Crippen LogP) is 3.14. The van der Waals surface area contributed by atoms with Crippen LogP contribution < -0.4 is 5.32 Å². The molecular formula is C19H19ClN2O4. The first-order valence-electron chi connectivity index (χ1n) is 8.12. The number of ether oxygens (including phenoxy) is 1.